The smallest absolute Gasteiger partial charge is 0.336 e. The largest absolute Gasteiger partial charge is 0.416 e. The van der Waals surface area contributed by atoms with Gasteiger partial charge in [-0.25, -0.2) is 0 Å². The standard InChI is InChI=1S/C22H21ClF3N3O2/c23-17-6-4-14(5-7-17)20(30)27-19-9-8-18-10-11-28(13-29(18)19)21(31)15-2-1-3-16(12-15)22(24,25)26/h1-7,12,18-19H,8-11,13H2,(H,27,30)/t18-,19-/m0/s1. The molecule has 31 heavy (non-hydrogen) atoms. The first-order valence-electron chi connectivity index (χ1n) is 10.0. The summed E-state index contributed by atoms with van der Waals surface area (Å²) in [6.45, 7) is 0.722. The lowest BCUT2D eigenvalue weighted by atomic mass is 10.1. The summed E-state index contributed by atoms with van der Waals surface area (Å²) in [6.07, 6.45) is -2.41. The zero-order valence-corrected chi connectivity index (χ0v) is 17.3. The van der Waals surface area contributed by atoms with Crippen LogP contribution in [0.15, 0.2) is 48.5 Å². The second-order valence-corrected chi connectivity index (χ2v) is 8.26. The van der Waals surface area contributed by atoms with Crippen LogP contribution in [0.25, 0.3) is 0 Å². The number of fused-ring (bicyclic) bond motifs is 1. The fraction of sp³-hybridized carbons (Fsp3) is 0.364. The molecule has 5 nitrogen and oxygen atoms in total. The van der Waals surface area contributed by atoms with Crippen molar-refractivity contribution in [3.05, 3.63) is 70.2 Å². The number of benzene rings is 2. The minimum Gasteiger partial charge on any atom is -0.336 e. The number of carbonyl (C=O) groups excluding carboxylic acids is 2. The number of hydrogen-bond acceptors (Lipinski definition) is 3. The van der Waals surface area contributed by atoms with E-state index in [1.165, 1.54) is 12.1 Å². The normalized spacial score (nSPS) is 21.6. The number of hydrogen-bond donors (Lipinski definition) is 1. The number of rotatable bonds is 3. The van der Waals surface area contributed by atoms with E-state index in [1.54, 1.807) is 29.2 Å². The van der Waals surface area contributed by atoms with Crippen LogP contribution in [0.4, 0.5) is 13.2 Å². The maximum Gasteiger partial charge on any atom is 0.416 e. The van der Waals surface area contributed by atoms with Crippen molar-refractivity contribution in [3.8, 4) is 0 Å². The van der Waals surface area contributed by atoms with Crippen molar-refractivity contribution in [2.45, 2.75) is 37.6 Å². The van der Waals surface area contributed by atoms with Crippen LogP contribution >= 0.6 is 11.6 Å². The minimum atomic E-state index is -4.50. The molecule has 2 aromatic carbocycles. The van der Waals surface area contributed by atoms with Gasteiger partial charge in [-0.2, -0.15) is 13.2 Å². The van der Waals surface area contributed by atoms with E-state index >= 15 is 0 Å². The number of nitrogens with one attached hydrogen (secondary N) is 1. The van der Waals surface area contributed by atoms with E-state index in [1.807, 2.05) is 4.90 Å². The molecule has 0 spiro atoms. The van der Waals surface area contributed by atoms with Gasteiger partial charge in [-0.15, -0.1) is 0 Å². The molecule has 0 aromatic heterocycles. The Bertz CT molecular complexity index is 981. The molecule has 2 amide bonds. The first-order valence-corrected chi connectivity index (χ1v) is 10.4. The van der Waals surface area contributed by atoms with Crippen LogP contribution in [0.2, 0.25) is 5.02 Å². The molecule has 0 unspecified atom stereocenters. The quantitative estimate of drug-likeness (QED) is 0.753. The van der Waals surface area contributed by atoms with Gasteiger partial charge < -0.3 is 10.2 Å². The van der Waals surface area contributed by atoms with Crippen molar-refractivity contribution in [1.82, 2.24) is 15.1 Å². The van der Waals surface area contributed by atoms with Crippen molar-refractivity contribution in [3.63, 3.8) is 0 Å². The Morgan fingerprint density at radius 1 is 1.00 bits per heavy atom. The molecule has 1 N–H and O–H groups in total. The third-order valence-corrected chi connectivity index (χ3v) is 6.09. The second kappa shape index (κ2) is 8.51. The highest BCUT2D eigenvalue weighted by atomic mass is 35.5. The zero-order valence-electron chi connectivity index (χ0n) is 16.5. The highest BCUT2D eigenvalue weighted by molar-refractivity contribution is 6.30. The zero-order chi connectivity index (χ0) is 22.2. The van der Waals surface area contributed by atoms with Crippen molar-refractivity contribution in [1.29, 1.82) is 0 Å². The highest BCUT2D eigenvalue weighted by Gasteiger charge is 2.40. The number of carbonyl (C=O) groups is 2. The van der Waals surface area contributed by atoms with Gasteiger partial charge in [-0.3, -0.25) is 14.5 Å². The molecule has 0 radical (unpaired) electrons. The number of alkyl halides is 3. The summed E-state index contributed by atoms with van der Waals surface area (Å²) in [5.74, 6) is -0.678. The van der Waals surface area contributed by atoms with E-state index in [4.69, 9.17) is 11.6 Å². The molecule has 2 saturated heterocycles. The predicted octanol–water partition coefficient (Wildman–Crippen LogP) is 4.38. The van der Waals surface area contributed by atoms with Crippen molar-refractivity contribution in [2.75, 3.05) is 13.2 Å². The molecule has 2 aromatic rings. The fourth-order valence-electron chi connectivity index (χ4n) is 4.20. The Morgan fingerprint density at radius 2 is 1.74 bits per heavy atom. The van der Waals surface area contributed by atoms with Crippen molar-refractivity contribution < 1.29 is 22.8 Å². The monoisotopic (exact) mass is 451 g/mol. The molecule has 4 rings (SSSR count). The van der Waals surface area contributed by atoms with Crippen molar-refractivity contribution >= 4 is 23.4 Å². The van der Waals surface area contributed by atoms with Crippen LogP contribution in [-0.4, -0.2) is 47.0 Å². The molecule has 2 atom stereocenters. The van der Waals surface area contributed by atoms with Crippen molar-refractivity contribution in [2.24, 2.45) is 0 Å². The third kappa shape index (κ3) is 4.70. The van der Waals surface area contributed by atoms with Gasteiger partial charge in [-0.1, -0.05) is 17.7 Å². The summed E-state index contributed by atoms with van der Waals surface area (Å²) < 4.78 is 39.0. The molecule has 0 aliphatic carbocycles. The number of nitrogens with zero attached hydrogens (tertiary/aromatic N) is 2. The molecular weight excluding hydrogens is 431 g/mol. The van der Waals surface area contributed by atoms with E-state index < -0.39 is 17.6 Å². The molecule has 2 fully saturated rings. The SMILES string of the molecule is O=C(N[C@@H]1CC[C@H]2CCN(C(=O)c3cccc(C(F)(F)F)c3)CN21)c1ccc(Cl)cc1. The summed E-state index contributed by atoms with van der Waals surface area (Å²) in [7, 11) is 0. The molecule has 0 bridgehead atoms. The van der Waals surface area contributed by atoms with Gasteiger partial charge in [0.25, 0.3) is 11.8 Å². The van der Waals surface area contributed by atoms with Gasteiger partial charge in [0.05, 0.1) is 18.4 Å². The van der Waals surface area contributed by atoms with Gasteiger partial charge in [0, 0.05) is 28.7 Å². The molecule has 2 aliphatic heterocycles. The van der Waals surface area contributed by atoms with Crippen LogP contribution < -0.4 is 5.32 Å². The first-order chi connectivity index (χ1) is 14.7. The van der Waals surface area contributed by atoms with Gasteiger partial charge in [0.2, 0.25) is 0 Å². The van der Waals surface area contributed by atoms with E-state index in [2.05, 4.69) is 5.32 Å². The molecule has 0 saturated carbocycles. The lowest BCUT2D eigenvalue weighted by Crippen LogP contribution is -2.56. The average molecular weight is 452 g/mol. The average Bonchev–Trinajstić information content (AvgIpc) is 3.15. The van der Waals surface area contributed by atoms with E-state index in [0.717, 1.165) is 25.0 Å². The lowest BCUT2D eigenvalue weighted by Gasteiger charge is -2.40. The molecule has 2 heterocycles. The summed E-state index contributed by atoms with van der Waals surface area (Å²) in [5, 5.41) is 3.54. The third-order valence-electron chi connectivity index (χ3n) is 5.84. The Morgan fingerprint density at radius 3 is 2.45 bits per heavy atom. The Hall–Kier alpha value is -2.58. The summed E-state index contributed by atoms with van der Waals surface area (Å²) >= 11 is 5.87. The fourth-order valence-corrected chi connectivity index (χ4v) is 4.33. The summed E-state index contributed by atoms with van der Waals surface area (Å²) in [4.78, 5) is 29.1. The predicted molar refractivity (Wildman–Crippen MR) is 110 cm³/mol. The van der Waals surface area contributed by atoms with E-state index in [0.29, 0.717) is 23.6 Å². The van der Waals surface area contributed by atoms with Crippen LogP contribution in [0.1, 0.15) is 45.5 Å². The molecule has 164 valence electrons. The van der Waals surface area contributed by atoms with Gasteiger partial charge in [-0.05, 0) is 61.7 Å². The molecule has 2 aliphatic rings. The summed E-state index contributed by atoms with van der Waals surface area (Å²) in [5.41, 5.74) is -0.349. The van der Waals surface area contributed by atoms with Gasteiger partial charge >= 0.3 is 6.18 Å². The topological polar surface area (TPSA) is 52.7 Å². The van der Waals surface area contributed by atoms with E-state index in [9.17, 15) is 22.8 Å². The Balaban J connectivity index is 1.45. The minimum absolute atomic E-state index is 0.00854. The van der Waals surface area contributed by atoms with E-state index in [-0.39, 0.29) is 30.3 Å². The maximum absolute atomic E-state index is 13.0. The van der Waals surface area contributed by atoms with Crippen LogP contribution in [0.3, 0.4) is 0 Å². The first kappa shape index (κ1) is 21.6. The van der Waals surface area contributed by atoms with Crippen LogP contribution in [-0.2, 0) is 6.18 Å². The van der Waals surface area contributed by atoms with Crippen LogP contribution in [0, 0.1) is 0 Å². The number of halogens is 4. The molecular formula is C22H21ClF3N3O2. The second-order valence-electron chi connectivity index (χ2n) is 7.82. The Kier molecular flexibility index (Phi) is 5.94. The lowest BCUT2D eigenvalue weighted by molar-refractivity contribution is -0.137. The summed E-state index contributed by atoms with van der Waals surface area (Å²) in [6, 6.07) is 11.3. The Labute approximate surface area is 182 Å². The van der Waals surface area contributed by atoms with Gasteiger partial charge in [0.15, 0.2) is 0 Å². The maximum atomic E-state index is 13.0. The highest BCUT2D eigenvalue weighted by Crippen LogP contribution is 2.32. The number of amides is 2. The molecule has 9 heteroatoms. The van der Waals surface area contributed by atoms with Gasteiger partial charge in [0.1, 0.15) is 0 Å². The van der Waals surface area contributed by atoms with Crippen LogP contribution in [0.5, 0.6) is 0 Å².